The van der Waals surface area contributed by atoms with Crippen molar-refractivity contribution in [3.05, 3.63) is 69.8 Å². The lowest BCUT2D eigenvalue weighted by molar-refractivity contribution is 0.738. The Bertz CT molecular complexity index is 1080. The second kappa shape index (κ2) is 5.86. The Morgan fingerprint density at radius 2 is 2.04 bits per heavy atom. The van der Waals surface area contributed by atoms with Gasteiger partial charge < -0.3 is 4.57 Å². The van der Waals surface area contributed by atoms with Crippen LogP contribution in [0.2, 0.25) is 5.15 Å². The zero-order chi connectivity index (χ0) is 17.6. The highest BCUT2D eigenvalue weighted by Gasteiger charge is 2.21. The van der Waals surface area contributed by atoms with Crippen molar-refractivity contribution in [3.8, 4) is 17.2 Å². The van der Waals surface area contributed by atoms with Crippen molar-refractivity contribution in [2.24, 2.45) is 7.05 Å². The van der Waals surface area contributed by atoms with Gasteiger partial charge in [-0.3, -0.25) is 9.25 Å². The van der Waals surface area contributed by atoms with Gasteiger partial charge in [0.2, 0.25) is 0 Å². The molecule has 4 heterocycles. The molecular formula is C17H15ClN6O. The van der Waals surface area contributed by atoms with Crippen molar-refractivity contribution in [2.75, 3.05) is 0 Å². The molecule has 0 aromatic carbocycles. The fraction of sp³-hybridized carbons (Fsp3) is 0.176. The molecule has 0 fully saturated rings. The first-order chi connectivity index (χ1) is 12.0. The molecule has 0 N–H and O–H groups in total. The third-order valence-electron chi connectivity index (χ3n) is 4.25. The summed E-state index contributed by atoms with van der Waals surface area (Å²) in [5.74, 6) is 0.616. The molecular weight excluding hydrogens is 340 g/mol. The molecule has 2 aliphatic heterocycles. The van der Waals surface area contributed by atoms with Crippen LogP contribution in [0.25, 0.3) is 17.2 Å². The van der Waals surface area contributed by atoms with Gasteiger partial charge in [-0.15, -0.1) is 0 Å². The summed E-state index contributed by atoms with van der Waals surface area (Å²) >= 11 is 5.84. The molecule has 0 unspecified atom stereocenters. The number of fused-ring (bicyclic) bond motifs is 1. The summed E-state index contributed by atoms with van der Waals surface area (Å²) < 4.78 is 5.25. The van der Waals surface area contributed by atoms with E-state index in [1.54, 1.807) is 27.7 Å². The first-order valence-corrected chi connectivity index (χ1v) is 8.09. The lowest BCUT2D eigenvalue weighted by Gasteiger charge is -2.12. The SMILES string of the molecule is Cc1c(-n2c3cccn(Cc4ccc(Cl)nc4)c-3nc2=O)cnn1C. The molecule has 0 saturated heterocycles. The largest absolute Gasteiger partial charge is 0.354 e. The highest BCUT2D eigenvalue weighted by Crippen LogP contribution is 2.23. The van der Waals surface area contributed by atoms with E-state index in [4.69, 9.17) is 11.6 Å². The Hall–Kier alpha value is -2.93. The summed E-state index contributed by atoms with van der Waals surface area (Å²) in [6.45, 7) is 2.47. The normalized spacial score (nSPS) is 11.3. The van der Waals surface area contributed by atoms with E-state index in [0.29, 0.717) is 17.5 Å². The zero-order valence-electron chi connectivity index (χ0n) is 13.7. The van der Waals surface area contributed by atoms with Crippen LogP contribution >= 0.6 is 11.6 Å². The van der Waals surface area contributed by atoms with E-state index in [2.05, 4.69) is 15.1 Å². The van der Waals surface area contributed by atoms with Crippen LogP contribution in [0.1, 0.15) is 11.3 Å². The van der Waals surface area contributed by atoms with Gasteiger partial charge in [0.25, 0.3) is 0 Å². The Morgan fingerprint density at radius 3 is 2.72 bits per heavy atom. The van der Waals surface area contributed by atoms with Gasteiger partial charge in [-0.05, 0) is 30.7 Å². The summed E-state index contributed by atoms with van der Waals surface area (Å²) in [4.78, 5) is 20.9. The van der Waals surface area contributed by atoms with Crippen LogP contribution in [0.4, 0.5) is 0 Å². The summed E-state index contributed by atoms with van der Waals surface area (Å²) in [5.41, 5.74) is 3.03. The topological polar surface area (TPSA) is 70.5 Å². The molecule has 7 nitrogen and oxygen atoms in total. The highest BCUT2D eigenvalue weighted by molar-refractivity contribution is 6.29. The van der Waals surface area contributed by atoms with Gasteiger partial charge in [-0.2, -0.15) is 10.1 Å². The number of hydrogen-bond donors (Lipinski definition) is 0. The van der Waals surface area contributed by atoms with Gasteiger partial charge >= 0.3 is 5.69 Å². The van der Waals surface area contributed by atoms with Gasteiger partial charge in [0, 0.05) is 19.4 Å². The smallest absolute Gasteiger partial charge is 0.327 e. The summed E-state index contributed by atoms with van der Waals surface area (Å²) in [7, 11) is 1.84. The maximum atomic E-state index is 12.5. The molecule has 0 atom stereocenters. The van der Waals surface area contributed by atoms with E-state index in [0.717, 1.165) is 22.6 Å². The van der Waals surface area contributed by atoms with Gasteiger partial charge in [0.15, 0.2) is 5.82 Å². The van der Waals surface area contributed by atoms with Crippen LogP contribution in [-0.4, -0.2) is 28.9 Å². The molecule has 8 heteroatoms. The van der Waals surface area contributed by atoms with Crippen LogP contribution in [0.3, 0.4) is 0 Å². The molecule has 0 aliphatic carbocycles. The molecule has 25 heavy (non-hydrogen) atoms. The van der Waals surface area contributed by atoms with Crippen LogP contribution in [0, 0.1) is 6.92 Å². The van der Waals surface area contributed by atoms with Crippen LogP contribution < -0.4 is 5.69 Å². The van der Waals surface area contributed by atoms with E-state index in [1.165, 1.54) is 0 Å². The second-order valence-corrected chi connectivity index (χ2v) is 6.19. The molecule has 126 valence electrons. The quantitative estimate of drug-likeness (QED) is 0.529. The average Bonchev–Trinajstić information content (AvgIpc) is 3.10. The van der Waals surface area contributed by atoms with Crippen molar-refractivity contribution in [1.82, 2.24) is 28.9 Å². The van der Waals surface area contributed by atoms with E-state index in [-0.39, 0.29) is 5.69 Å². The molecule has 0 radical (unpaired) electrons. The van der Waals surface area contributed by atoms with Gasteiger partial charge in [0.05, 0.1) is 29.8 Å². The predicted molar refractivity (Wildman–Crippen MR) is 94.3 cm³/mol. The van der Waals surface area contributed by atoms with Gasteiger partial charge in [0.1, 0.15) is 5.15 Å². The van der Waals surface area contributed by atoms with E-state index in [9.17, 15) is 4.79 Å². The number of imidazole rings is 1. The minimum atomic E-state index is -0.319. The Balaban J connectivity index is 1.81. The van der Waals surface area contributed by atoms with E-state index in [1.807, 2.05) is 42.9 Å². The molecule has 0 amide bonds. The molecule has 0 saturated carbocycles. The number of hydrogen-bond acceptors (Lipinski definition) is 4. The average molecular weight is 355 g/mol. The Kier molecular flexibility index (Phi) is 3.65. The third-order valence-corrected chi connectivity index (χ3v) is 4.47. The number of aryl methyl sites for hydroxylation is 1. The van der Waals surface area contributed by atoms with Crippen molar-refractivity contribution in [2.45, 2.75) is 13.5 Å². The first kappa shape index (κ1) is 15.6. The summed E-state index contributed by atoms with van der Waals surface area (Å²) in [6, 6.07) is 7.43. The molecule has 0 bridgehead atoms. The maximum absolute atomic E-state index is 12.5. The molecule has 2 aromatic rings. The van der Waals surface area contributed by atoms with Gasteiger partial charge in [-0.1, -0.05) is 17.7 Å². The highest BCUT2D eigenvalue weighted by atomic mass is 35.5. The zero-order valence-corrected chi connectivity index (χ0v) is 14.5. The van der Waals surface area contributed by atoms with Crippen molar-refractivity contribution in [1.29, 1.82) is 0 Å². The first-order valence-electron chi connectivity index (χ1n) is 7.72. The maximum Gasteiger partial charge on any atom is 0.354 e. The molecule has 2 aromatic heterocycles. The fourth-order valence-electron chi connectivity index (χ4n) is 2.83. The Labute approximate surface area is 148 Å². The van der Waals surface area contributed by atoms with Crippen molar-refractivity contribution < 1.29 is 0 Å². The molecule has 4 rings (SSSR count). The predicted octanol–water partition coefficient (Wildman–Crippen LogP) is 2.28. The number of halogens is 1. The lowest BCUT2D eigenvalue weighted by atomic mass is 10.2. The second-order valence-electron chi connectivity index (χ2n) is 5.80. The van der Waals surface area contributed by atoms with Crippen LogP contribution in [0.5, 0.6) is 0 Å². The lowest BCUT2D eigenvalue weighted by Crippen LogP contribution is -2.15. The molecule has 2 aliphatic rings. The standard InChI is InChI=1S/C17H15ClN6O/c1-11-14(9-20-22(11)2)24-13-4-3-7-23(16(13)21-17(24)25)10-12-5-6-15(18)19-8-12/h3-9H,10H2,1-2H3. The van der Waals surface area contributed by atoms with Gasteiger partial charge in [-0.25, -0.2) is 9.78 Å². The molecule has 0 spiro atoms. The van der Waals surface area contributed by atoms with Crippen LogP contribution in [-0.2, 0) is 13.6 Å². The minimum absolute atomic E-state index is 0.319. The van der Waals surface area contributed by atoms with E-state index < -0.39 is 0 Å². The minimum Gasteiger partial charge on any atom is -0.327 e. The number of pyridine rings is 2. The number of nitrogens with zero attached hydrogens (tertiary/aromatic N) is 6. The summed E-state index contributed by atoms with van der Waals surface area (Å²) in [6.07, 6.45) is 5.29. The number of rotatable bonds is 3. The van der Waals surface area contributed by atoms with Crippen molar-refractivity contribution >= 4 is 11.6 Å². The third kappa shape index (κ3) is 2.62. The van der Waals surface area contributed by atoms with Crippen molar-refractivity contribution in [3.63, 3.8) is 0 Å². The van der Waals surface area contributed by atoms with E-state index >= 15 is 0 Å². The monoisotopic (exact) mass is 354 g/mol. The summed E-state index contributed by atoms with van der Waals surface area (Å²) in [5, 5.41) is 4.67. The Morgan fingerprint density at radius 1 is 1.20 bits per heavy atom. The van der Waals surface area contributed by atoms with Crippen LogP contribution in [0.15, 0.2) is 47.7 Å². The number of aromatic nitrogens is 6. The fourth-order valence-corrected chi connectivity index (χ4v) is 2.95.